The number of anilines is 1. The van der Waals surface area contributed by atoms with Crippen LogP contribution in [0.4, 0.5) is 5.69 Å². The van der Waals surface area contributed by atoms with E-state index in [0.29, 0.717) is 5.69 Å². The van der Waals surface area contributed by atoms with Gasteiger partial charge in [0.1, 0.15) is 0 Å². The van der Waals surface area contributed by atoms with Crippen LogP contribution in [-0.2, 0) is 0 Å². The second kappa shape index (κ2) is 3.42. The van der Waals surface area contributed by atoms with Gasteiger partial charge in [-0.1, -0.05) is 0 Å². The number of rotatable bonds is 1. The van der Waals surface area contributed by atoms with E-state index in [0.717, 1.165) is 15.9 Å². The van der Waals surface area contributed by atoms with Crippen LogP contribution in [0.15, 0.2) is 29.1 Å². The molecule has 0 saturated carbocycles. The van der Waals surface area contributed by atoms with Crippen molar-refractivity contribution in [3.05, 3.63) is 34.7 Å². The average Bonchev–Trinajstić information content (AvgIpc) is 2.57. The van der Waals surface area contributed by atoms with Gasteiger partial charge in [0.2, 0.25) is 0 Å². The van der Waals surface area contributed by atoms with Crippen molar-refractivity contribution in [2.75, 3.05) is 5.73 Å². The Kier molecular flexibility index (Phi) is 2.25. The monoisotopic (exact) mass is 252 g/mol. The van der Waals surface area contributed by atoms with Crippen molar-refractivity contribution in [3.8, 4) is 5.82 Å². The van der Waals surface area contributed by atoms with Crippen LogP contribution in [0.2, 0.25) is 0 Å². The summed E-state index contributed by atoms with van der Waals surface area (Å²) in [5, 5.41) is 4.14. The second-order valence-electron chi connectivity index (χ2n) is 3.03. The van der Waals surface area contributed by atoms with E-state index in [1.165, 1.54) is 0 Å². The van der Waals surface area contributed by atoms with Gasteiger partial charge in [0.05, 0.1) is 16.4 Å². The Morgan fingerprint density at radius 2 is 2.21 bits per heavy atom. The van der Waals surface area contributed by atoms with Crippen LogP contribution in [0, 0.1) is 6.92 Å². The van der Waals surface area contributed by atoms with Crippen molar-refractivity contribution in [1.29, 1.82) is 0 Å². The molecule has 0 saturated heterocycles. The number of nitrogen functional groups attached to an aromatic ring is 1. The van der Waals surface area contributed by atoms with Crippen LogP contribution < -0.4 is 5.73 Å². The largest absolute Gasteiger partial charge is 0.398 e. The van der Waals surface area contributed by atoms with Crippen molar-refractivity contribution in [3.63, 3.8) is 0 Å². The minimum atomic E-state index is 0.656. The van der Waals surface area contributed by atoms with Gasteiger partial charge >= 0.3 is 0 Å². The Labute approximate surface area is 89.9 Å². The lowest BCUT2D eigenvalue weighted by atomic mass is 10.4. The molecule has 72 valence electrons. The molecule has 0 atom stereocenters. The molecule has 2 heterocycles. The molecule has 2 aromatic rings. The molecule has 0 aliphatic carbocycles. The number of hydrogen-bond donors (Lipinski definition) is 1. The minimum Gasteiger partial charge on any atom is -0.398 e. The van der Waals surface area contributed by atoms with Gasteiger partial charge in [-0.2, -0.15) is 5.10 Å². The molecule has 14 heavy (non-hydrogen) atoms. The molecule has 2 aromatic heterocycles. The molecule has 0 bridgehead atoms. The van der Waals surface area contributed by atoms with Gasteiger partial charge < -0.3 is 5.73 Å². The topological polar surface area (TPSA) is 56.7 Å². The summed E-state index contributed by atoms with van der Waals surface area (Å²) < 4.78 is 2.49. The van der Waals surface area contributed by atoms with Gasteiger partial charge in [-0.15, -0.1) is 0 Å². The molecule has 0 aliphatic rings. The highest BCUT2D eigenvalue weighted by atomic mass is 79.9. The summed E-state index contributed by atoms with van der Waals surface area (Å²) in [6.45, 7) is 1.98. The van der Waals surface area contributed by atoms with Crippen molar-refractivity contribution >= 4 is 21.6 Å². The molecule has 2 N–H and O–H groups in total. The highest BCUT2D eigenvalue weighted by Crippen LogP contribution is 2.19. The van der Waals surface area contributed by atoms with E-state index < -0.39 is 0 Å². The first-order valence-electron chi connectivity index (χ1n) is 4.09. The lowest BCUT2D eigenvalue weighted by Crippen LogP contribution is -1.99. The third-order valence-electron chi connectivity index (χ3n) is 1.82. The number of nitrogens with two attached hydrogens (primary N) is 1. The molecular weight excluding hydrogens is 244 g/mol. The number of aromatic nitrogens is 3. The average molecular weight is 253 g/mol. The molecule has 2 rings (SSSR count). The fourth-order valence-corrected chi connectivity index (χ4v) is 1.32. The third-order valence-corrected chi connectivity index (χ3v) is 2.48. The van der Waals surface area contributed by atoms with Crippen LogP contribution >= 0.6 is 15.9 Å². The SMILES string of the molecule is Cc1cnn(-c2cc(N)c(Br)cn2)c1. The summed E-state index contributed by atoms with van der Waals surface area (Å²) in [5.41, 5.74) is 7.48. The maximum absolute atomic E-state index is 5.74. The summed E-state index contributed by atoms with van der Waals surface area (Å²) in [6.07, 6.45) is 5.34. The zero-order valence-electron chi connectivity index (χ0n) is 7.61. The summed E-state index contributed by atoms with van der Waals surface area (Å²) in [4.78, 5) is 4.20. The number of hydrogen-bond acceptors (Lipinski definition) is 3. The molecule has 4 nitrogen and oxygen atoms in total. The summed E-state index contributed by atoms with van der Waals surface area (Å²) >= 11 is 3.29. The van der Waals surface area contributed by atoms with E-state index in [2.05, 4.69) is 26.0 Å². The number of halogens is 1. The van der Waals surface area contributed by atoms with Crippen LogP contribution in [-0.4, -0.2) is 14.8 Å². The minimum absolute atomic E-state index is 0.656. The molecule has 0 unspecified atom stereocenters. The molecule has 0 fully saturated rings. The molecule has 0 aliphatic heterocycles. The number of nitrogens with zero attached hydrogens (tertiary/aromatic N) is 3. The van der Waals surface area contributed by atoms with Gasteiger partial charge in [-0.05, 0) is 28.4 Å². The molecule has 5 heteroatoms. The molecule has 0 radical (unpaired) electrons. The Morgan fingerprint density at radius 3 is 2.79 bits per heavy atom. The Balaban J connectivity index is 2.47. The quantitative estimate of drug-likeness (QED) is 0.844. The number of aryl methyl sites for hydroxylation is 1. The predicted molar refractivity (Wildman–Crippen MR) is 58.2 cm³/mol. The maximum Gasteiger partial charge on any atom is 0.155 e. The highest BCUT2D eigenvalue weighted by Gasteiger charge is 2.02. The first-order chi connectivity index (χ1) is 6.66. The van der Waals surface area contributed by atoms with Crippen LogP contribution in [0.5, 0.6) is 0 Å². The van der Waals surface area contributed by atoms with Crippen molar-refractivity contribution in [2.24, 2.45) is 0 Å². The van der Waals surface area contributed by atoms with Crippen LogP contribution in [0.3, 0.4) is 0 Å². The zero-order valence-corrected chi connectivity index (χ0v) is 9.19. The standard InChI is InChI=1S/C9H9BrN4/c1-6-3-13-14(5-6)9-2-8(11)7(10)4-12-9/h2-5H,1H3,(H2,11,12). The van der Waals surface area contributed by atoms with E-state index in [-0.39, 0.29) is 0 Å². The van der Waals surface area contributed by atoms with Crippen LogP contribution in [0.25, 0.3) is 5.82 Å². The smallest absolute Gasteiger partial charge is 0.155 e. The summed E-state index contributed by atoms with van der Waals surface area (Å²) in [6, 6.07) is 1.77. The normalized spacial score (nSPS) is 10.4. The fourth-order valence-electron chi connectivity index (χ4n) is 1.11. The van der Waals surface area contributed by atoms with E-state index in [4.69, 9.17) is 5.73 Å². The van der Waals surface area contributed by atoms with Gasteiger partial charge in [0.15, 0.2) is 5.82 Å². The summed E-state index contributed by atoms with van der Waals surface area (Å²) in [7, 11) is 0. The first-order valence-corrected chi connectivity index (χ1v) is 4.89. The lowest BCUT2D eigenvalue weighted by molar-refractivity contribution is 0.846. The third kappa shape index (κ3) is 1.63. The Bertz CT molecular complexity index is 464. The molecular formula is C9H9BrN4. The highest BCUT2D eigenvalue weighted by molar-refractivity contribution is 9.10. The number of pyridine rings is 1. The molecule has 0 amide bonds. The summed E-state index contributed by atoms with van der Waals surface area (Å²) in [5.74, 6) is 0.721. The Hall–Kier alpha value is -1.36. The second-order valence-corrected chi connectivity index (χ2v) is 3.88. The van der Waals surface area contributed by atoms with Gasteiger partial charge in [0, 0.05) is 18.5 Å². The van der Waals surface area contributed by atoms with Gasteiger partial charge in [-0.25, -0.2) is 9.67 Å². The predicted octanol–water partition coefficient (Wildman–Crippen LogP) is 1.92. The van der Waals surface area contributed by atoms with E-state index in [9.17, 15) is 0 Å². The van der Waals surface area contributed by atoms with Gasteiger partial charge in [0.25, 0.3) is 0 Å². The lowest BCUT2D eigenvalue weighted by Gasteiger charge is -2.02. The zero-order chi connectivity index (χ0) is 10.1. The van der Waals surface area contributed by atoms with E-state index in [1.807, 2.05) is 13.1 Å². The van der Waals surface area contributed by atoms with E-state index in [1.54, 1.807) is 23.1 Å². The molecule has 0 aromatic carbocycles. The first kappa shape index (κ1) is 9.21. The van der Waals surface area contributed by atoms with Gasteiger partial charge in [-0.3, -0.25) is 0 Å². The Morgan fingerprint density at radius 1 is 1.43 bits per heavy atom. The maximum atomic E-state index is 5.74. The molecule has 0 spiro atoms. The fraction of sp³-hybridized carbons (Fsp3) is 0.111. The van der Waals surface area contributed by atoms with E-state index >= 15 is 0 Å². The van der Waals surface area contributed by atoms with Crippen molar-refractivity contribution in [1.82, 2.24) is 14.8 Å². The van der Waals surface area contributed by atoms with Crippen LogP contribution in [0.1, 0.15) is 5.56 Å². The van der Waals surface area contributed by atoms with Crippen molar-refractivity contribution < 1.29 is 0 Å². The van der Waals surface area contributed by atoms with Crippen molar-refractivity contribution in [2.45, 2.75) is 6.92 Å².